The van der Waals surface area contributed by atoms with Crippen molar-refractivity contribution in [2.24, 2.45) is 0 Å². The molecule has 3 aromatic rings. The summed E-state index contributed by atoms with van der Waals surface area (Å²) in [7, 11) is 0. The maximum Gasteiger partial charge on any atom is 0.336 e. The Bertz CT molecular complexity index is 1310. The summed E-state index contributed by atoms with van der Waals surface area (Å²) >= 11 is 0. The van der Waals surface area contributed by atoms with Crippen LogP contribution in [0.25, 0.3) is 0 Å². The van der Waals surface area contributed by atoms with Crippen molar-refractivity contribution in [2.75, 3.05) is 18.5 Å². The average molecular weight is 513 g/mol. The first kappa shape index (κ1) is 26.7. The van der Waals surface area contributed by atoms with E-state index in [9.17, 15) is 14.4 Å². The number of hydrogen-bond acceptors (Lipinski definition) is 5. The molecule has 1 unspecified atom stereocenters. The molecule has 3 aromatic carbocycles. The number of aryl methyl sites for hydroxylation is 1. The highest BCUT2D eigenvalue weighted by atomic mass is 16.5. The second kappa shape index (κ2) is 12.2. The molecule has 1 atom stereocenters. The fourth-order valence-corrected chi connectivity index (χ4v) is 4.48. The van der Waals surface area contributed by atoms with Crippen molar-refractivity contribution in [1.82, 2.24) is 4.90 Å². The van der Waals surface area contributed by atoms with Gasteiger partial charge in [0.05, 0.1) is 12.2 Å². The molecule has 0 saturated carbocycles. The predicted octanol–water partition coefficient (Wildman–Crippen LogP) is 5.37. The highest BCUT2D eigenvalue weighted by Crippen LogP contribution is 2.37. The number of amides is 2. The van der Waals surface area contributed by atoms with E-state index in [1.54, 1.807) is 26.0 Å². The van der Waals surface area contributed by atoms with E-state index in [1.165, 1.54) is 4.90 Å². The minimum Gasteiger partial charge on any atom is -0.489 e. The predicted molar refractivity (Wildman–Crippen MR) is 145 cm³/mol. The van der Waals surface area contributed by atoms with Gasteiger partial charge in [0, 0.05) is 23.7 Å². The van der Waals surface area contributed by atoms with Gasteiger partial charge in [0.15, 0.2) is 0 Å². The fourth-order valence-electron chi connectivity index (χ4n) is 4.48. The summed E-state index contributed by atoms with van der Waals surface area (Å²) in [6.07, 6.45) is 0.0491. The van der Waals surface area contributed by atoms with Crippen molar-refractivity contribution >= 4 is 23.5 Å². The largest absolute Gasteiger partial charge is 0.489 e. The van der Waals surface area contributed by atoms with Crippen LogP contribution in [0, 0.1) is 6.92 Å². The third-order valence-corrected chi connectivity index (χ3v) is 6.49. The van der Waals surface area contributed by atoms with Gasteiger partial charge in [0.1, 0.15) is 18.9 Å². The van der Waals surface area contributed by atoms with Crippen molar-refractivity contribution in [2.45, 2.75) is 39.7 Å². The van der Waals surface area contributed by atoms with Gasteiger partial charge in [0.25, 0.3) is 0 Å². The third-order valence-electron chi connectivity index (χ3n) is 6.49. The van der Waals surface area contributed by atoms with Gasteiger partial charge in [-0.1, -0.05) is 60.2 Å². The number of ether oxygens (including phenoxy) is 2. The standard InChI is InChI=1S/C31H32N2O5/c1-4-37-31(36)30-22(3)33(19-28(34)32-25-14-10-21(2)11-15-25)29(35)18-27(30)24-12-16-26(17-13-24)38-20-23-8-6-5-7-9-23/h5-17,27H,4,18-20H2,1-3H3,(H,32,34). The van der Waals surface area contributed by atoms with Gasteiger partial charge in [0.2, 0.25) is 11.8 Å². The highest BCUT2D eigenvalue weighted by Gasteiger charge is 2.37. The van der Waals surface area contributed by atoms with E-state index in [2.05, 4.69) is 5.32 Å². The molecule has 7 heteroatoms. The van der Waals surface area contributed by atoms with Crippen LogP contribution in [-0.4, -0.2) is 35.8 Å². The number of carbonyl (C=O) groups excluding carboxylic acids is 3. The van der Waals surface area contributed by atoms with E-state index in [0.717, 1.165) is 16.7 Å². The molecule has 1 heterocycles. The second-order valence-electron chi connectivity index (χ2n) is 9.21. The summed E-state index contributed by atoms with van der Waals surface area (Å²) in [6.45, 7) is 5.84. The van der Waals surface area contributed by atoms with Crippen LogP contribution in [0.5, 0.6) is 5.75 Å². The summed E-state index contributed by atoms with van der Waals surface area (Å²) in [5.41, 5.74) is 4.39. The zero-order chi connectivity index (χ0) is 27.1. The zero-order valence-corrected chi connectivity index (χ0v) is 21.9. The summed E-state index contributed by atoms with van der Waals surface area (Å²) in [5.74, 6) is -0.864. The van der Waals surface area contributed by atoms with Crippen LogP contribution >= 0.6 is 0 Å². The maximum absolute atomic E-state index is 13.2. The minimum absolute atomic E-state index is 0.0491. The Balaban J connectivity index is 1.53. The molecule has 0 spiro atoms. The van der Waals surface area contributed by atoms with E-state index in [1.807, 2.05) is 73.7 Å². The number of nitrogens with one attached hydrogen (secondary N) is 1. The first-order valence-corrected chi connectivity index (χ1v) is 12.7. The molecule has 0 saturated heterocycles. The molecule has 196 valence electrons. The molecule has 1 aliphatic heterocycles. The second-order valence-corrected chi connectivity index (χ2v) is 9.21. The van der Waals surface area contributed by atoms with Crippen LogP contribution in [-0.2, 0) is 25.7 Å². The molecule has 0 fully saturated rings. The average Bonchev–Trinajstić information content (AvgIpc) is 2.92. The lowest BCUT2D eigenvalue weighted by molar-refractivity contribution is -0.140. The lowest BCUT2D eigenvalue weighted by Gasteiger charge is -2.34. The third kappa shape index (κ3) is 6.48. The smallest absolute Gasteiger partial charge is 0.336 e. The molecule has 7 nitrogen and oxygen atoms in total. The fraction of sp³-hybridized carbons (Fsp3) is 0.258. The van der Waals surface area contributed by atoms with Gasteiger partial charge in [-0.15, -0.1) is 0 Å². The van der Waals surface area contributed by atoms with E-state index in [-0.39, 0.29) is 31.4 Å². The van der Waals surface area contributed by atoms with Gasteiger partial charge in [-0.2, -0.15) is 0 Å². The molecule has 4 rings (SSSR count). The summed E-state index contributed by atoms with van der Waals surface area (Å²) in [4.78, 5) is 40.4. The lowest BCUT2D eigenvalue weighted by Crippen LogP contribution is -2.42. The molecular formula is C31H32N2O5. The number of esters is 1. The van der Waals surface area contributed by atoms with Crippen molar-refractivity contribution < 1.29 is 23.9 Å². The minimum atomic E-state index is -0.490. The number of allylic oxidation sites excluding steroid dienone is 1. The summed E-state index contributed by atoms with van der Waals surface area (Å²) < 4.78 is 11.2. The summed E-state index contributed by atoms with van der Waals surface area (Å²) in [5, 5.41) is 2.81. The lowest BCUT2D eigenvalue weighted by atomic mass is 9.83. The number of nitrogens with zero attached hydrogens (tertiary/aromatic N) is 1. The SMILES string of the molecule is CCOC(=O)C1=C(C)N(CC(=O)Nc2ccc(C)cc2)C(=O)CC1c1ccc(OCc2ccccc2)cc1. The Morgan fingerprint density at radius 2 is 1.63 bits per heavy atom. The van der Waals surface area contributed by atoms with Crippen LogP contribution in [0.4, 0.5) is 5.69 Å². The Kier molecular flexibility index (Phi) is 8.58. The number of anilines is 1. The number of carbonyl (C=O) groups is 3. The zero-order valence-electron chi connectivity index (χ0n) is 21.9. The van der Waals surface area contributed by atoms with Gasteiger partial charge < -0.3 is 19.7 Å². The first-order chi connectivity index (χ1) is 18.4. The topological polar surface area (TPSA) is 84.9 Å². The number of rotatable bonds is 9. The molecule has 38 heavy (non-hydrogen) atoms. The normalized spacial score (nSPS) is 15.3. The van der Waals surface area contributed by atoms with Crippen molar-refractivity contribution in [3.05, 3.63) is 107 Å². The van der Waals surface area contributed by atoms with E-state index >= 15 is 0 Å². The molecule has 0 bridgehead atoms. The van der Waals surface area contributed by atoms with Gasteiger partial charge in [-0.25, -0.2) is 4.79 Å². The Morgan fingerprint density at radius 1 is 0.947 bits per heavy atom. The highest BCUT2D eigenvalue weighted by molar-refractivity contribution is 5.99. The maximum atomic E-state index is 13.2. The quantitative estimate of drug-likeness (QED) is 0.390. The Hall–Kier alpha value is -4.39. The van der Waals surface area contributed by atoms with Crippen molar-refractivity contribution in [3.63, 3.8) is 0 Å². The van der Waals surface area contributed by atoms with E-state index in [4.69, 9.17) is 9.47 Å². The number of benzene rings is 3. The molecule has 0 radical (unpaired) electrons. The molecule has 0 aromatic heterocycles. The van der Waals surface area contributed by atoms with Crippen molar-refractivity contribution in [1.29, 1.82) is 0 Å². The van der Waals surface area contributed by atoms with Crippen LogP contribution in [0.15, 0.2) is 90.1 Å². The van der Waals surface area contributed by atoms with Crippen LogP contribution in [0.2, 0.25) is 0 Å². The molecule has 0 aliphatic carbocycles. The Morgan fingerprint density at radius 3 is 2.29 bits per heavy atom. The van der Waals surface area contributed by atoms with Crippen LogP contribution in [0.1, 0.15) is 42.9 Å². The number of hydrogen-bond donors (Lipinski definition) is 1. The van der Waals surface area contributed by atoms with Gasteiger partial charge in [-0.3, -0.25) is 9.59 Å². The van der Waals surface area contributed by atoms with Crippen molar-refractivity contribution in [3.8, 4) is 5.75 Å². The van der Waals surface area contributed by atoms with Gasteiger partial charge >= 0.3 is 5.97 Å². The van der Waals surface area contributed by atoms with Gasteiger partial charge in [-0.05, 0) is 56.2 Å². The van der Waals surface area contributed by atoms with E-state index < -0.39 is 11.9 Å². The van der Waals surface area contributed by atoms with Crippen LogP contribution in [0.3, 0.4) is 0 Å². The first-order valence-electron chi connectivity index (χ1n) is 12.7. The van der Waals surface area contributed by atoms with E-state index in [0.29, 0.717) is 29.3 Å². The van der Waals surface area contributed by atoms with Crippen LogP contribution < -0.4 is 10.1 Å². The molecular weight excluding hydrogens is 480 g/mol. The monoisotopic (exact) mass is 512 g/mol. The summed E-state index contributed by atoms with van der Waals surface area (Å²) in [6, 6.07) is 24.7. The molecule has 2 amide bonds. The molecule has 1 N–H and O–H groups in total. The molecule has 1 aliphatic rings. The Labute approximate surface area is 223 Å².